The van der Waals surface area contributed by atoms with E-state index in [-0.39, 0.29) is 29.9 Å². The van der Waals surface area contributed by atoms with Crippen molar-refractivity contribution in [2.24, 2.45) is 0 Å². The zero-order chi connectivity index (χ0) is 27.1. The van der Waals surface area contributed by atoms with Crippen LogP contribution in [0.5, 0.6) is 11.5 Å². The van der Waals surface area contributed by atoms with E-state index in [1.807, 2.05) is 25.1 Å². The zero-order valence-corrected chi connectivity index (χ0v) is 23.6. The van der Waals surface area contributed by atoms with Gasteiger partial charge in [0.15, 0.2) is 18.1 Å². The Morgan fingerprint density at radius 2 is 1.87 bits per heavy atom. The molecule has 0 spiro atoms. The van der Waals surface area contributed by atoms with Gasteiger partial charge in [0.2, 0.25) is 5.91 Å². The molecule has 12 heteroatoms. The molecule has 38 heavy (non-hydrogen) atoms. The van der Waals surface area contributed by atoms with Crippen LogP contribution in [0.1, 0.15) is 12.5 Å². The van der Waals surface area contributed by atoms with Crippen molar-refractivity contribution in [2.45, 2.75) is 6.92 Å². The molecule has 0 saturated carbocycles. The number of para-hydroxylation sites is 1. The van der Waals surface area contributed by atoms with Gasteiger partial charge in [-0.05, 0) is 77.2 Å². The molecule has 0 atom stereocenters. The van der Waals surface area contributed by atoms with Crippen molar-refractivity contribution in [1.82, 2.24) is 9.80 Å². The number of nitrogens with zero attached hydrogens (tertiary/aromatic N) is 2. The summed E-state index contributed by atoms with van der Waals surface area (Å²) in [6, 6.07) is 12.5. The van der Waals surface area contributed by atoms with Crippen molar-refractivity contribution < 1.29 is 33.4 Å². The Labute approximate surface area is 237 Å². The predicted octanol–water partition coefficient (Wildman–Crippen LogP) is 3.60. The number of morpholine rings is 1. The summed E-state index contributed by atoms with van der Waals surface area (Å²) in [6.07, 6.45) is 1.58. The lowest BCUT2D eigenvalue weighted by Gasteiger charge is -2.28. The quantitative estimate of drug-likeness (QED) is 0.324. The van der Waals surface area contributed by atoms with Crippen LogP contribution in [0.15, 0.2) is 47.4 Å². The van der Waals surface area contributed by atoms with Gasteiger partial charge < -0.3 is 24.4 Å². The largest absolute Gasteiger partial charge is 0.490 e. The lowest BCUT2D eigenvalue weighted by atomic mass is 10.2. The van der Waals surface area contributed by atoms with Gasteiger partial charge in [-0.15, -0.1) is 0 Å². The van der Waals surface area contributed by atoms with E-state index in [1.165, 1.54) is 0 Å². The van der Waals surface area contributed by atoms with Gasteiger partial charge in [0, 0.05) is 18.8 Å². The molecule has 1 N–H and O–H groups in total. The molecule has 0 aliphatic carbocycles. The fraction of sp³-hybridized carbons (Fsp3) is 0.308. The third kappa shape index (κ3) is 7.05. The number of carbonyl (C=O) groups excluding carboxylic acids is 4. The van der Waals surface area contributed by atoms with Crippen molar-refractivity contribution in [3.63, 3.8) is 0 Å². The minimum Gasteiger partial charge on any atom is -0.490 e. The molecule has 0 bridgehead atoms. The number of rotatable bonds is 9. The molecule has 2 heterocycles. The number of hydrogen-bond acceptors (Lipinski definition) is 8. The number of ether oxygens (including phenoxy) is 3. The maximum Gasteiger partial charge on any atom is 0.294 e. The number of carbonyl (C=O) groups is 4. The minimum absolute atomic E-state index is 0.207. The summed E-state index contributed by atoms with van der Waals surface area (Å²) >= 11 is 2.85. The summed E-state index contributed by atoms with van der Waals surface area (Å²) < 4.78 is 17.4. The molecule has 0 unspecified atom stereocenters. The third-order valence-electron chi connectivity index (χ3n) is 5.57. The van der Waals surface area contributed by atoms with Crippen LogP contribution in [0.25, 0.3) is 6.08 Å². The maximum absolute atomic E-state index is 12.9. The van der Waals surface area contributed by atoms with Gasteiger partial charge in [-0.25, -0.2) is 0 Å². The first-order chi connectivity index (χ1) is 18.4. The number of thioether (sulfide) groups is 1. The van der Waals surface area contributed by atoms with Crippen molar-refractivity contribution >= 4 is 69.1 Å². The molecule has 4 amide bonds. The second kappa shape index (κ2) is 13.1. The first kappa shape index (κ1) is 27.9. The molecular formula is C26H26IN3O7S. The number of anilines is 1. The number of hydrogen-bond donors (Lipinski definition) is 1. The second-order valence-corrected chi connectivity index (χ2v) is 10.4. The highest BCUT2D eigenvalue weighted by Crippen LogP contribution is 2.37. The molecule has 2 aromatic carbocycles. The lowest BCUT2D eigenvalue weighted by Crippen LogP contribution is -2.46. The normalized spacial score (nSPS) is 16.6. The van der Waals surface area contributed by atoms with E-state index in [9.17, 15) is 19.2 Å². The van der Waals surface area contributed by atoms with Crippen LogP contribution >= 0.6 is 34.4 Å². The highest BCUT2D eigenvalue weighted by Gasteiger charge is 2.37. The topological polar surface area (TPSA) is 114 Å². The fourth-order valence-electron chi connectivity index (χ4n) is 3.77. The van der Waals surface area contributed by atoms with Crippen LogP contribution in [-0.2, 0) is 19.1 Å². The molecular weight excluding hydrogens is 625 g/mol. The van der Waals surface area contributed by atoms with Crippen molar-refractivity contribution in [3.05, 3.63) is 56.5 Å². The van der Waals surface area contributed by atoms with Crippen LogP contribution in [0.4, 0.5) is 10.5 Å². The van der Waals surface area contributed by atoms with E-state index in [1.54, 1.807) is 35.2 Å². The highest BCUT2D eigenvalue weighted by atomic mass is 127. The molecule has 2 saturated heterocycles. The summed E-state index contributed by atoms with van der Waals surface area (Å²) in [6.45, 7) is 3.39. The van der Waals surface area contributed by atoms with E-state index in [2.05, 4.69) is 27.9 Å². The summed E-state index contributed by atoms with van der Waals surface area (Å²) in [4.78, 5) is 53.1. The first-order valence-corrected chi connectivity index (χ1v) is 13.8. The zero-order valence-electron chi connectivity index (χ0n) is 20.6. The molecule has 4 rings (SSSR count). The highest BCUT2D eigenvalue weighted by molar-refractivity contribution is 14.1. The van der Waals surface area contributed by atoms with Gasteiger partial charge in [-0.3, -0.25) is 24.1 Å². The average Bonchev–Trinajstić information content (AvgIpc) is 3.16. The Morgan fingerprint density at radius 1 is 1.13 bits per heavy atom. The van der Waals surface area contributed by atoms with Crippen molar-refractivity contribution in [3.8, 4) is 11.5 Å². The summed E-state index contributed by atoms with van der Waals surface area (Å²) in [5, 5.41) is 2.27. The predicted molar refractivity (Wildman–Crippen MR) is 151 cm³/mol. The molecule has 2 aliphatic heterocycles. The lowest BCUT2D eigenvalue weighted by molar-refractivity contribution is -0.139. The van der Waals surface area contributed by atoms with Gasteiger partial charge in [0.05, 0.1) is 28.3 Å². The number of amides is 4. The third-order valence-corrected chi connectivity index (χ3v) is 7.27. The van der Waals surface area contributed by atoms with Crippen LogP contribution in [0, 0.1) is 3.57 Å². The van der Waals surface area contributed by atoms with Crippen LogP contribution < -0.4 is 14.8 Å². The van der Waals surface area contributed by atoms with Gasteiger partial charge in [0.1, 0.15) is 6.54 Å². The SMILES string of the molecule is CCOc1cc(/C=C2\SC(=O)N(CC(=O)N3CCOCC3)C2=O)cc(I)c1OCC(=O)Nc1ccccc1. The Balaban J connectivity index is 1.45. The van der Waals surface area contributed by atoms with Gasteiger partial charge >= 0.3 is 0 Å². The number of nitrogens with one attached hydrogen (secondary N) is 1. The molecule has 0 radical (unpaired) electrons. The Morgan fingerprint density at radius 3 is 2.58 bits per heavy atom. The van der Waals surface area contributed by atoms with E-state index < -0.39 is 11.1 Å². The molecule has 2 aromatic rings. The minimum atomic E-state index is -0.521. The maximum atomic E-state index is 12.9. The fourth-order valence-corrected chi connectivity index (χ4v) is 5.39. The molecule has 0 aromatic heterocycles. The molecule has 200 valence electrons. The molecule has 2 aliphatic rings. The first-order valence-electron chi connectivity index (χ1n) is 11.9. The summed E-state index contributed by atoms with van der Waals surface area (Å²) in [5.41, 5.74) is 1.28. The van der Waals surface area contributed by atoms with Gasteiger partial charge in [0.25, 0.3) is 17.1 Å². The smallest absolute Gasteiger partial charge is 0.294 e. The van der Waals surface area contributed by atoms with Crippen molar-refractivity contribution in [2.75, 3.05) is 51.4 Å². The number of benzene rings is 2. The average molecular weight is 651 g/mol. The van der Waals surface area contributed by atoms with E-state index in [4.69, 9.17) is 14.2 Å². The van der Waals surface area contributed by atoms with E-state index >= 15 is 0 Å². The Hall–Kier alpha value is -3.10. The second-order valence-electron chi connectivity index (χ2n) is 8.23. The van der Waals surface area contributed by atoms with Gasteiger partial charge in [-0.1, -0.05) is 18.2 Å². The standard InChI is InChI=1S/C26H26IN3O7S/c1-2-36-20-13-17(12-19(27)24(20)37-16-22(31)28-18-6-4-3-5-7-18)14-21-25(33)30(26(34)38-21)15-23(32)29-8-10-35-11-9-29/h3-7,12-14H,2,8-11,15-16H2,1H3,(H,28,31)/b21-14-. The Bertz CT molecular complexity index is 1250. The van der Waals surface area contributed by atoms with E-state index in [0.717, 1.165) is 16.7 Å². The van der Waals surface area contributed by atoms with Crippen LogP contribution in [0.3, 0.4) is 0 Å². The van der Waals surface area contributed by atoms with Crippen molar-refractivity contribution in [1.29, 1.82) is 0 Å². The van der Waals surface area contributed by atoms with Gasteiger partial charge in [-0.2, -0.15) is 0 Å². The monoisotopic (exact) mass is 651 g/mol. The molecule has 2 fully saturated rings. The number of halogens is 1. The Kier molecular flexibility index (Phi) is 9.63. The summed E-state index contributed by atoms with van der Waals surface area (Å²) in [5.74, 6) is -0.328. The van der Waals surface area contributed by atoms with E-state index in [0.29, 0.717) is 59.2 Å². The van der Waals surface area contributed by atoms with Crippen LogP contribution in [-0.4, -0.2) is 78.8 Å². The summed E-state index contributed by atoms with van der Waals surface area (Å²) in [7, 11) is 0. The molecule has 10 nitrogen and oxygen atoms in total. The van der Waals surface area contributed by atoms with Crippen LogP contribution in [0.2, 0.25) is 0 Å². The number of imide groups is 1.